The molecule has 0 heterocycles. The van der Waals surface area contributed by atoms with Crippen molar-refractivity contribution in [3.8, 4) is 5.75 Å². The van der Waals surface area contributed by atoms with Crippen LogP contribution in [0.2, 0.25) is 0 Å². The van der Waals surface area contributed by atoms with E-state index in [1.165, 1.54) is 30.4 Å². The van der Waals surface area contributed by atoms with Crippen molar-refractivity contribution in [2.24, 2.45) is 23.2 Å². The molecule has 132 valence electrons. The maximum Gasteiger partial charge on any atom is 0.119 e. The smallest absolute Gasteiger partial charge is 0.119 e. The Morgan fingerprint density at radius 1 is 1.17 bits per heavy atom. The molecule has 2 fully saturated rings. The summed E-state index contributed by atoms with van der Waals surface area (Å²) in [4.78, 5) is 0. The lowest BCUT2D eigenvalue weighted by atomic mass is 9.55. The van der Waals surface area contributed by atoms with Crippen molar-refractivity contribution in [3.05, 3.63) is 28.8 Å². The Kier molecular flexibility index (Phi) is 3.95. The van der Waals surface area contributed by atoms with Crippen LogP contribution in [0.5, 0.6) is 5.75 Å². The fourth-order valence-electron chi connectivity index (χ4n) is 6.23. The molecule has 1 aromatic carbocycles. The molecule has 0 aliphatic heterocycles. The second-order valence-corrected chi connectivity index (χ2v) is 9.33. The third-order valence-corrected chi connectivity index (χ3v) is 7.50. The van der Waals surface area contributed by atoms with Gasteiger partial charge in [-0.25, -0.2) is 0 Å². The largest absolute Gasteiger partial charge is 0.508 e. The highest BCUT2D eigenvalue weighted by molar-refractivity contribution is 5.45. The fraction of sp³-hybridized carbons (Fsp3) is 0.727. The van der Waals surface area contributed by atoms with Crippen molar-refractivity contribution in [2.45, 2.75) is 77.7 Å². The number of aromatic hydroxyl groups is 1. The third kappa shape index (κ3) is 2.41. The minimum absolute atomic E-state index is 0.0961. The zero-order valence-electron chi connectivity index (χ0n) is 15.4. The first-order valence-corrected chi connectivity index (χ1v) is 9.93. The summed E-state index contributed by atoms with van der Waals surface area (Å²) in [6.45, 7) is 6.77. The summed E-state index contributed by atoms with van der Waals surface area (Å²) in [6, 6.07) is 4.39. The highest BCUT2D eigenvalue weighted by Crippen LogP contribution is 2.61. The number of benzene rings is 1. The maximum absolute atomic E-state index is 10.5. The van der Waals surface area contributed by atoms with Crippen LogP contribution in [-0.2, 0) is 12.8 Å². The van der Waals surface area contributed by atoms with Gasteiger partial charge < -0.3 is 10.2 Å². The molecule has 0 saturated heterocycles. The molecule has 2 nitrogen and oxygen atoms in total. The number of hydrogen-bond donors (Lipinski definition) is 2. The lowest BCUT2D eigenvalue weighted by molar-refractivity contribution is -0.0226. The van der Waals surface area contributed by atoms with Crippen molar-refractivity contribution in [2.75, 3.05) is 0 Å². The number of fused-ring (bicyclic) bond motifs is 5. The Labute approximate surface area is 146 Å². The Hall–Kier alpha value is -1.02. The second-order valence-electron chi connectivity index (χ2n) is 9.33. The van der Waals surface area contributed by atoms with Crippen LogP contribution < -0.4 is 0 Å². The average molecular weight is 328 g/mol. The highest BCUT2D eigenvalue weighted by atomic mass is 16.3. The molecule has 0 radical (unpaired) electrons. The Bertz CT molecular complexity index is 635. The number of aliphatic hydroxyl groups is 1. The maximum atomic E-state index is 10.5. The molecule has 5 atom stereocenters. The van der Waals surface area contributed by atoms with Crippen LogP contribution in [0, 0.1) is 23.2 Å². The lowest BCUT2D eigenvalue weighted by Crippen LogP contribution is -2.43. The molecular formula is C22H32O2. The number of hydrogen-bond acceptors (Lipinski definition) is 2. The van der Waals surface area contributed by atoms with Gasteiger partial charge in [0.15, 0.2) is 0 Å². The van der Waals surface area contributed by atoms with Crippen molar-refractivity contribution >= 4 is 0 Å². The summed E-state index contributed by atoms with van der Waals surface area (Å²) in [7, 11) is 0. The predicted octanol–water partition coefficient (Wildman–Crippen LogP) is 4.81. The number of rotatable bonds is 2. The molecule has 4 rings (SSSR count). The van der Waals surface area contributed by atoms with Gasteiger partial charge in [-0.2, -0.15) is 0 Å². The first kappa shape index (κ1) is 16.4. The van der Waals surface area contributed by atoms with Gasteiger partial charge in [0.25, 0.3) is 0 Å². The molecule has 2 heteroatoms. The van der Waals surface area contributed by atoms with E-state index in [0.717, 1.165) is 37.2 Å². The summed E-state index contributed by atoms with van der Waals surface area (Å²) < 4.78 is 0. The molecule has 3 aliphatic rings. The van der Waals surface area contributed by atoms with E-state index >= 15 is 0 Å². The van der Waals surface area contributed by atoms with E-state index < -0.39 is 0 Å². The summed E-state index contributed by atoms with van der Waals surface area (Å²) in [6.07, 6.45) is 7.73. The fourth-order valence-corrected chi connectivity index (χ4v) is 6.23. The minimum atomic E-state index is -0.0961. The van der Waals surface area contributed by atoms with Gasteiger partial charge in [-0.3, -0.25) is 0 Å². The zero-order valence-corrected chi connectivity index (χ0v) is 15.4. The van der Waals surface area contributed by atoms with E-state index in [4.69, 9.17) is 0 Å². The van der Waals surface area contributed by atoms with Gasteiger partial charge in [0.05, 0.1) is 6.10 Å². The number of aryl methyl sites for hydroxylation is 1. The van der Waals surface area contributed by atoms with Gasteiger partial charge in [0.2, 0.25) is 0 Å². The van der Waals surface area contributed by atoms with Gasteiger partial charge in [0.1, 0.15) is 5.75 Å². The predicted molar refractivity (Wildman–Crippen MR) is 97.3 cm³/mol. The summed E-state index contributed by atoms with van der Waals surface area (Å²) in [5.74, 6) is 3.11. The summed E-state index contributed by atoms with van der Waals surface area (Å²) >= 11 is 0. The van der Waals surface area contributed by atoms with Gasteiger partial charge in [-0.15, -0.1) is 0 Å². The van der Waals surface area contributed by atoms with Crippen molar-refractivity contribution < 1.29 is 10.2 Å². The molecule has 3 aliphatic carbocycles. The van der Waals surface area contributed by atoms with Crippen molar-refractivity contribution in [1.29, 1.82) is 0 Å². The van der Waals surface area contributed by atoms with Crippen LogP contribution >= 0.6 is 0 Å². The minimum Gasteiger partial charge on any atom is -0.508 e. The summed E-state index contributed by atoms with van der Waals surface area (Å²) in [5.41, 5.74) is 4.17. The lowest BCUT2D eigenvalue weighted by Gasteiger charge is -2.50. The topological polar surface area (TPSA) is 40.5 Å². The standard InChI is InChI=1S/C22H32O2/c1-13(2)10-15-11-18-14(12-20(15)23)4-5-17-16(18)8-9-22(3)19(17)6-7-21(22)24/h11-13,16-17,19,21,23-24H,4-10H2,1-3H3/t16-,17+,19-,21-,22-/m0/s1. The van der Waals surface area contributed by atoms with Gasteiger partial charge in [-0.05, 0) is 96.8 Å². The third-order valence-electron chi connectivity index (χ3n) is 7.50. The second kappa shape index (κ2) is 5.76. The first-order chi connectivity index (χ1) is 11.4. The molecule has 0 bridgehead atoms. The van der Waals surface area contributed by atoms with Crippen LogP contribution in [0.3, 0.4) is 0 Å². The van der Waals surface area contributed by atoms with Gasteiger partial charge in [-0.1, -0.05) is 26.8 Å². The molecular weight excluding hydrogens is 296 g/mol. The van der Waals surface area contributed by atoms with Crippen LogP contribution in [-0.4, -0.2) is 16.3 Å². The molecule has 0 amide bonds. The average Bonchev–Trinajstić information content (AvgIpc) is 2.83. The normalized spacial score (nSPS) is 37.9. The number of phenolic OH excluding ortho intramolecular Hbond substituents is 1. The number of aliphatic hydroxyl groups excluding tert-OH is 1. The van der Waals surface area contributed by atoms with E-state index in [0.29, 0.717) is 23.5 Å². The monoisotopic (exact) mass is 328 g/mol. The molecule has 2 saturated carbocycles. The Morgan fingerprint density at radius 3 is 2.71 bits per heavy atom. The highest BCUT2D eigenvalue weighted by Gasteiger charge is 2.54. The SMILES string of the molecule is CC(C)Cc1cc2c(cc1O)CC[C@@H]1[C@@H]2CC[C@]2(C)[C@@H](O)CC[C@@H]12. The van der Waals surface area contributed by atoms with Crippen LogP contribution in [0.25, 0.3) is 0 Å². The van der Waals surface area contributed by atoms with Crippen LogP contribution in [0.4, 0.5) is 0 Å². The van der Waals surface area contributed by atoms with Crippen molar-refractivity contribution in [1.82, 2.24) is 0 Å². The van der Waals surface area contributed by atoms with Crippen LogP contribution in [0.15, 0.2) is 12.1 Å². The van der Waals surface area contributed by atoms with E-state index in [-0.39, 0.29) is 11.5 Å². The molecule has 0 unspecified atom stereocenters. The van der Waals surface area contributed by atoms with Crippen molar-refractivity contribution in [3.63, 3.8) is 0 Å². The van der Waals surface area contributed by atoms with E-state index in [2.05, 4.69) is 32.9 Å². The molecule has 24 heavy (non-hydrogen) atoms. The summed E-state index contributed by atoms with van der Waals surface area (Å²) in [5, 5.41) is 20.9. The first-order valence-electron chi connectivity index (χ1n) is 9.93. The van der Waals surface area contributed by atoms with Gasteiger partial charge in [0, 0.05) is 0 Å². The number of phenols is 1. The molecule has 2 N–H and O–H groups in total. The van der Waals surface area contributed by atoms with E-state index in [1.807, 2.05) is 0 Å². The van der Waals surface area contributed by atoms with E-state index in [9.17, 15) is 10.2 Å². The molecule has 0 aromatic heterocycles. The quantitative estimate of drug-likeness (QED) is 0.818. The Morgan fingerprint density at radius 2 is 1.96 bits per heavy atom. The van der Waals surface area contributed by atoms with E-state index in [1.54, 1.807) is 0 Å². The van der Waals surface area contributed by atoms with Gasteiger partial charge >= 0.3 is 0 Å². The van der Waals surface area contributed by atoms with Crippen LogP contribution in [0.1, 0.15) is 75.5 Å². The Balaban J connectivity index is 1.69. The molecule has 0 spiro atoms. The molecule has 1 aromatic rings. The zero-order chi connectivity index (χ0) is 17.1.